The normalized spacial score (nSPS) is 13.1. The molecule has 0 saturated carbocycles. The first-order valence-electron chi connectivity index (χ1n) is 23.8. The van der Waals surface area contributed by atoms with Gasteiger partial charge in [0.2, 0.25) is 0 Å². The lowest BCUT2D eigenvalue weighted by Crippen LogP contribution is -2.25. The van der Waals surface area contributed by atoms with Gasteiger partial charge in [-0.3, -0.25) is 0 Å². The van der Waals surface area contributed by atoms with Crippen LogP contribution in [0.5, 0.6) is 0 Å². The fourth-order valence-electron chi connectivity index (χ4n) is 12.6. The Morgan fingerprint density at radius 3 is 1.44 bits per heavy atom. The Labute approximate surface area is 394 Å². The fraction of sp³-hybridized carbons (Fsp3) is 0.0149. The first-order chi connectivity index (χ1) is 33.8. The first-order valence-corrected chi connectivity index (χ1v) is 23.8. The quantitative estimate of drug-likeness (QED) is 0.155. The largest absolute Gasteiger partial charge is 0.309 e. The van der Waals surface area contributed by atoms with E-state index in [0.717, 1.165) is 5.69 Å². The number of para-hydroxylation sites is 3. The number of rotatable bonds is 4. The van der Waals surface area contributed by atoms with Crippen LogP contribution in [0.25, 0.3) is 115 Å². The lowest BCUT2D eigenvalue weighted by atomic mass is 9.70. The monoisotopic (exact) mass is 859 g/mol. The molecule has 1 heteroatoms. The third-order valence-electron chi connectivity index (χ3n) is 15.4. The van der Waals surface area contributed by atoms with Crippen molar-refractivity contribution in [3.05, 3.63) is 271 Å². The van der Waals surface area contributed by atoms with E-state index in [1.807, 2.05) is 0 Å². The van der Waals surface area contributed by atoms with Crippen molar-refractivity contribution in [2.24, 2.45) is 0 Å². The summed E-state index contributed by atoms with van der Waals surface area (Å²) in [6.07, 6.45) is 0. The van der Waals surface area contributed by atoms with Gasteiger partial charge < -0.3 is 4.57 Å². The van der Waals surface area contributed by atoms with E-state index in [1.165, 1.54) is 132 Å². The predicted molar refractivity (Wildman–Crippen MR) is 286 cm³/mol. The Hall–Kier alpha value is -8.78. The molecular formula is C67H41N. The Balaban J connectivity index is 0.870. The van der Waals surface area contributed by atoms with Crippen molar-refractivity contribution < 1.29 is 0 Å². The Bertz CT molecular complexity index is 4200. The van der Waals surface area contributed by atoms with Crippen molar-refractivity contribution in [1.82, 2.24) is 4.57 Å². The minimum Gasteiger partial charge on any atom is -0.309 e. The zero-order valence-electron chi connectivity index (χ0n) is 37.1. The van der Waals surface area contributed by atoms with Crippen LogP contribution in [0, 0.1) is 0 Å². The standard InChI is InChI=1S/C67H41N/c1-2-16-46(17-3-1)68-64-31-13-9-22-55(64)56-26-14-25-48(66(56)68)45-37-39-51-49-18-4-5-19-50(49)58-40-44(36-38-52(58)59(51)41-45)42-32-34-43(35-33-42)47-24-15-30-63-65(47)57-23-8-12-29-62(57)67(63)60-27-10-6-20-53(60)54-21-7-11-28-61(54)67/h1-41H. The highest BCUT2D eigenvalue weighted by Gasteiger charge is 2.51. The maximum absolute atomic E-state index is 2.44. The summed E-state index contributed by atoms with van der Waals surface area (Å²) in [4.78, 5) is 0. The molecule has 15 rings (SSSR count). The van der Waals surface area contributed by atoms with Crippen LogP contribution in [0.3, 0.4) is 0 Å². The molecular weight excluding hydrogens is 819 g/mol. The number of aromatic nitrogens is 1. The summed E-state index contributed by atoms with van der Waals surface area (Å²) in [7, 11) is 0. The predicted octanol–water partition coefficient (Wildman–Crippen LogP) is 17.6. The number of nitrogens with zero attached hydrogens (tertiary/aromatic N) is 1. The van der Waals surface area contributed by atoms with Gasteiger partial charge in [0.25, 0.3) is 0 Å². The lowest BCUT2D eigenvalue weighted by Gasteiger charge is -2.30. The molecule has 0 radical (unpaired) electrons. The van der Waals surface area contributed by atoms with Gasteiger partial charge in [0.15, 0.2) is 0 Å². The molecule has 1 nitrogen and oxygen atoms in total. The van der Waals surface area contributed by atoms with Crippen LogP contribution < -0.4 is 0 Å². The fourth-order valence-corrected chi connectivity index (χ4v) is 12.6. The van der Waals surface area contributed by atoms with E-state index in [2.05, 4.69) is 253 Å². The number of fused-ring (bicyclic) bond motifs is 19. The van der Waals surface area contributed by atoms with E-state index in [1.54, 1.807) is 0 Å². The van der Waals surface area contributed by atoms with Gasteiger partial charge in [-0.2, -0.15) is 0 Å². The average Bonchev–Trinajstić information content (AvgIpc) is 4.03. The van der Waals surface area contributed by atoms with Gasteiger partial charge in [-0.15, -0.1) is 0 Å². The summed E-state index contributed by atoms with van der Waals surface area (Å²) < 4.78 is 2.44. The SMILES string of the molecule is c1ccc(-n2c3ccccc3c3cccc(-c4ccc5c6ccccc6c6cc(-c7ccc(-c8cccc9c8-c8ccccc8C98c9ccccc9-c9ccccc98)cc7)ccc6c5c4)c32)cc1. The second kappa shape index (κ2) is 14.1. The number of hydrogen-bond acceptors (Lipinski definition) is 0. The summed E-state index contributed by atoms with van der Waals surface area (Å²) in [6.45, 7) is 0. The van der Waals surface area contributed by atoms with Crippen molar-refractivity contribution >= 4 is 54.1 Å². The highest BCUT2D eigenvalue weighted by atomic mass is 15.0. The molecule has 68 heavy (non-hydrogen) atoms. The van der Waals surface area contributed by atoms with Crippen molar-refractivity contribution in [2.75, 3.05) is 0 Å². The van der Waals surface area contributed by atoms with Crippen molar-refractivity contribution in [1.29, 1.82) is 0 Å². The molecule has 0 N–H and O–H groups in total. The summed E-state index contributed by atoms with van der Waals surface area (Å²) in [5.74, 6) is 0. The van der Waals surface area contributed by atoms with Gasteiger partial charge in [0, 0.05) is 22.0 Å². The van der Waals surface area contributed by atoms with Gasteiger partial charge in [-0.05, 0) is 135 Å². The van der Waals surface area contributed by atoms with Crippen LogP contribution in [0.2, 0.25) is 0 Å². The van der Waals surface area contributed by atoms with Crippen molar-refractivity contribution in [3.63, 3.8) is 0 Å². The molecule has 0 bridgehead atoms. The highest BCUT2D eigenvalue weighted by Crippen LogP contribution is 2.64. The zero-order chi connectivity index (χ0) is 44.5. The molecule has 0 fully saturated rings. The maximum Gasteiger partial charge on any atom is 0.0725 e. The minimum absolute atomic E-state index is 0.358. The Morgan fingerprint density at radius 1 is 0.250 bits per heavy atom. The second-order valence-corrected chi connectivity index (χ2v) is 18.6. The molecule has 13 aromatic rings. The van der Waals surface area contributed by atoms with E-state index in [4.69, 9.17) is 0 Å². The maximum atomic E-state index is 2.44. The molecule has 1 aromatic heterocycles. The molecule has 1 heterocycles. The van der Waals surface area contributed by atoms with E-state index in [0.29, 0.717) is 0 Å². The van der Waals surface area contributed by atoms with Gasteiger partial charge >= 0.3 is 0 Å². The Morgan fingerprint density at radius 2 is 0.706 bits per heavy atom. The van der Waals surface area contributed by atoms with E-state index in [-0.39, 0.29) is 5.41 Å². The van der Waals surface area contributed by atoms with E-state index in [9.17, 15) is 0 Å². The number of hydrogen-bond donors (Lipinski definition) is 0. The van der Waals surface area contributed by atoms with Gasteiger partial charge in [-0.1, -0.05) is 218 Å². The second-order valence-electron chi connectivity index (χ2n) is 18.6. The lowest BCUT2D eigenvalue weighted by molar-refractivity contribution is 0.794. The van der Waals surface area contributed by atoms with Gasteiger partial charge in [0.1, 0.15) is 0 Å². The third-order valence-corrected chi connectivity index (χ3v) is 15.4. The summed E-state index contributed by atoms with van der Waals surface area (Å²) >= 11 is 0. The minimum atomic E-state index is -0.358. The van der Waals surface area contributed by atoms with Gasteiger partial charge in [0.05, 0.1) is 16.4 Å². The third kappa shape index (κ3) is 5.00. The van der Waals surface area contributed by atoms with Crippen LogP contribution in [0.4, 0.5) is 0 Å². The van der Waals surface area contributed by atoms with E-state index >= 15 is 0 Å². The van der Waals surface area contributed by atoms with Crippen molar-refractivity contribution in [3.8, 4) is 61.3 Å². The molecule has 1 spiro atoms. The van der Waals surface area contributed by atoms with Gasteiger partial charge in [-0.25, -0.2) is 0 Å². The van der Waals surface area contributed by atoms with Crippen LogP contribution in [0.1, 0.15) is 22.3 Å². The summed E-state index contributed by atoms with van der Waals surface area (Å²) in [5.41, 5.74) is 21.4. The highest BCUT2D eigenvalue weighted by molar-refractivity contribution is 6.26. The molecule has 0 amide bonds. The van der Waals surface area contributed by atoms with Crippen LogP contribution >= 0.6 is 0 Å². The number of benzene rings is 12. The smallest absolute Gasteiger partial charge is 0.0725 e. The molecule has 0 atom stereocenters. The molecule has 0 unspecified atom stereocenters. The molecule has 2 aliphatic carbocycles. The molecule has 0 saturated heterocycles. The zero-order valence-corrected chi connectivity index (χ0v) is 37.1. The first kappa shape index (κ1) is 37.4. The van der Waals surface area contributed by atoms with Crippen molar-refractivity contribution in [2.45, 2.75) is 5.41 Å². The summed E-state index contributed by atoms with van der Waals surface area (Å²) in [5, 5.41) is 10.1. The van der Waals surface area contributed by atoms with E-state index < -0.39 is 0 Å². The topological polar surface area (TPSA) is 4.93 Å². The van der Waals surface area contributed by atoms with Crippen LogP contribution in [0.15, 0.2) is 249 Å². The summed E-state index contributed by atoms with van der Waals surface area (Å²) in [6, 6.07) is 92.9. The average molecular weight is 860 g/mol. The molecule has 0 aliphatic heterocycles. The molecule has 2 aliphatic rings. The Kier molecular flexibility index (Phi) is 7.77. The van der Waals surface area contributed by atoms with Crippen LogP contribution in [-0.2, 0) is 5.41 Å². The molecule has 12 aromatic carbocycles. The molecule has 314 valence electrons. The van der Waals surface area contributed by atoms with Crippen LogP contribution in [-0.4, -0.2) is 4.57 Å².